The summed E-state index contributed by atoms with van der Waals surface area (Å²) < 4.78 is 11.1. The van der Waals surface area contributed by atoms with Crippen LogP contribution in [-0.2, 0) is 0 Å². The fourth-order valence-electron chi connectivity index (χ4n) is 2.51. The summed E-state index contributed by atoms with van der Waals surface area (Å²) in [5.74, 6) is 0.459. The van der Waals surface area contributed by atoms with Gasteiger partial charge in [0.05, 0.1) is 17.7 Å². The van der Waals surface area contributed by atoms with Crippen molar-refractivity contribution in [3.63, 3.8) is 0 Å². The molecule has 6 nitrogen and oxygen atoms in total. The molecule has 3 rings (SSSR count). The molecular weight excluding hydrogens is 364 g/mol. The lowest BCUT2D eigenvalue weighted by molar-refractivity contribution is 0.102. The van der Waals surface area contributed by atoms with Crippen molar-refractivity contribution in [2.24, 2.45) is 5.73 Å². The molecule has 1 amide bonds. The molecule has 0 spiro atoms. The molecule has 0 atom stereocenters. The average molecular weight is 382 g/mol. The van der Waals surface area contributed by atoms with Crippen LogP contribution in [0.15, 0.2) is 57.7 Å². The zero-order chi connectivity index (χ0) is 19.4. The molecule has 0 aliphatic heterocycles. The van der Waals surface area contributed by atoms with Gasteiger partial charge in [-0.25, -0.2) is 0 Å². The second kappa shape index (κ2) is 8.01. The third kappa shape index (κ3) is 4.15. The number of nitrogens with one attached hydrogen (secondary N) is 1. The lowest BCUT2D eigenvalue weighted by atomic mass is 10.1. The predicted molar refractivity (Wildman–Crippen MR) is 109 cm³/mol. The van der Waals surface area contributed by atoms with Crippen LogP contribution in [0.4, 0.5) is 5.69 Å². The van der Waals surface area contributed by atoms with Crippen LogP contribution < -0.4 is 21.2 Å². The zero-order valence-electron chi connectivity index (χ0n) is 14.7. The van der Waals surface area contributed by atoms with E-state index in [9.17, 15) is 9.59 Å². The van der Waals surface area contributed by atoms with Crippen LogP contribution >= 0.6 is 12.2 Å². The largest absolute Gasteiger partial charge is 0.494 e. The first-order valence-electron chi connectivity index (χ1n) is 8.40. The first-order valence-corrected chi connectivity index (χ1v) is 8.81. The molecule has 1 aromatic heterocycles. The molecule has 3 N–H and O–H groups in total. The number of benzene rings is 2. The number of thiocarbonyl (C=S) groups is 1. The number of fused-ring (bicyclic) bond motifs is 1. The molecule has 0 aliphatic carbocycles. The van der Waals surface area contributed by atoms with Gasteiger partial charge >= 0.3 is 0 Å². The highest BCUT2D eigenvalue weighted by molar-refractivity contribution is 7.80. The maximum absolute atomic E-state index is 12.6. The third-order valence-electron chi connectivity index (χ3n) is 3.84. The Morgan fingerprint density at radius 3 is 2.63 bits per heavy atom. The van der Waals surface area contributed by atoms with Crippen LogP contribution in [0, 0.1) is 0 Å². The lowest BCUT2D eigenvalue weighted by Crippen LogP contribution is -2.15. The van der Waals surface area contributed by atoms with Gasteiger partial charge in [0.25, 0.3) is 5.91 Å². The van der Waals surface area contributed by atoms with Crippen LogP contribution in [0.5, 0.6) is 5.75 Å². The Morgan fingerprint density at radius 1 is 1.22 bits per heavy atom. The zero-order valence-corrected chi connectivity index (χ0v) is 15.5. The van der Waals surface area contributed by atoms with E-state index in [4.69, 9.17) is 27.1 Å². The smallest absolute Gasteiger partial charge is 0.255 e. The van der Waals surface area contributed by atoms with Crippen molar-refractivity contribution in [3.05, 3.63) is 70.1 Å². The van der Waals surface area contributed by atoms with Gasteiger partial charge in [-0.2, -0.15) is 0 Å². The van der Waals surface area contributed by atoms with E-state index in [2.05, 4.69) is 5.32 Å². The van der Waals surface area contributed by atoms with Gasteiger partial charge in [0.1, 0.15) is 10.7 Å². The summed E-state index contributed by atoms with van der Waals surface area (Å²) in [5, 5.41) is 3.09. The van der Waals surface area contributed by atoms with Gasteiger partial charge in [-0.3, -0.25) is 9.59 Å². The predicted octanol–water partition coefficient (Wildman–Crippen LogP) is 3.47. The molecule has 138 valence electrons. The monoisotopic (exact) mass is 382 g/mol. The number of nitrogens with two attached hydrogens (primary N) is 1. The number of carbonyl (C=O) groups is 1. The Hall–Kier alpha value is -3.19. The molecule has 0 saturated heterocycles. The van der Waals surface area contributed by atoms with Crippen molar-refractivity contribution in [1.29, 1.82) is 0 Å². The van der Waals surface area contributed by atoms with Gasteiger partial charge in [-0.15, -0.1) is 0 Å². The van der Waals surface area contributed by atoms with Gasteiger partial charge in [-0.1, -0.05) is 25.2 Å². The highest BCUT2D eigenvalue weighted by atomic mass is 32.1. The van der Waals surface area contributed by atoms with Crippen molar-refractivity contribution in [2.75, 3.05) is 11.9 Å². The first-order chi connectivity index (χ1) is 13.0. The van der Waals surface area contributed by atoms with E-state index in [0.717, 1.165) is 6.42 Å². The van der Waals surface area contributed by atoms with E-state index in [-0.39, 0.29) is 27.7 Å². The number of para-hydroxylation sites is 1. The minimum Gasteiger partial charge on any atom is -0.494 e. The minimum absolute atomic E-state index is 0.0298. The van der Waals surface area contributed by atoms with Crippen LogP contribution in [0.3, 0.4) is 0 Å². The molecule has 0 saturated carbocycles. The van der Waals surface area contributed by atoms with Crippen molar-refractivity contribution in [3.8, 4) is 5.75 Å². The summed E-state index contributed by atoms with van der Waals surface area (Å²) in [6, 6.07) is 13.0. The first kappa shape index (κ1) is 18.6. The minimum atomic E-state index is -0.340. The quantitative estimate of drug-likeness (QED) is 0.634. The van der Waals surface area contributed by atoms with Gasteiger partial charge in [0.2, 0.25) is 0 Å². The highest BCUT2D eigenvalue weighted by Crippen LogP contribution is 2.23. The molecule has 0 radical (unpaired) electrons. The third-order valence-corrected chi connectivity index (χ3v) is 4.04. The Labute approximate surface area is 160 Å². The normalized spacial score (nSPS) is 10.6. The Kier molecular flexibility index (Phi) is 5.52. The number of hydrogen-bond donors (Lipinski definition) is 2. The summed E-state index contributed by atoms with van der Waals surface area (Å²) in [7, 11) is 0. The molecule has 0 unspecified atom stereocenters. The van der Waals surface area contributed by atoms with E-state index in [1.807, 2.05) is 6.92 Å². The molecule has 27 heavy (non-hydrogen) atoms. The number of carbonyl (C=O) groups excluding carboxylic acids is 1. The molecule has 0 fully saturated rings. The second-order valence-electron chi connectivity index (χ2n) is 5.85. The average Bonchev–Trinajstić information content (AvgIpc) is 2.67. The van der Waals surface area contributed by atoms with Gasteiger partial charge in [0.15, 0.2) is 16.8 Å². The number of rotatable bonds is 6. The number of anilines is 1. The SMILES string of the molecule is CCCOc1ccc(C(=O)Nc2cccc3c(=O)cc(C(N)=S)oc23)cc1. The van der Waals surface area contributed by atoms with E-state index < -0.39 is 0 Å². The number of ether oxygens (including phenoxy) is 1. The fraction of sp³-hybridized carbons (Fsp3) is 0.150. The Balaban J connectivity index is 1.90. The van der Waals surface area contributed by atoms with Gasteiger partial charge in [-0.05, 0) is 42.8 Å². The summed E-state index contributed by atoms with van der Waals surface area (Å²) >= 11 is 4.88. The van der Waals surface area contributed by atoms with E-state index in [1.54, 1.807) is 42.5 Å². The van der Waals surface area contributed by atoms with Crippen LogP contribution in [0.1, 0.15) is 29.5 Å². The maximum atomic E-state index is 12.6. The van der Waals surface area contributed by atoms with Crippen LogP contribution in [0.25, 0.3) is 11.0 Å². The van der Waals surface area contributed by atoms with E-state index in [0.29, 0.717) is 29.0 Å². The van der Waals surface area contributed by atoms with E-state index >= 15 is 0 Å². The summed E-state index contributed by atoms with van der Waals surface area (Å²) in [4.78, 5) is 24.8. The Bertz CT molecular complexity index is 1060. The van der Waals surface area contributed by atoms with Gasteiger partial charge in [0, 0.05) is 11.6 Å². The van der Waals surface area contributed by atoms with Crippen molar-refractivity contribution in [1.82, 2.24) is 0 Å². The van der Waals surface area contributed by atoms with Gasteiger partial charge < -0.3 is 20.2 Å². The molecule has 0 bridgehead atoms. The standard InChI is InChI=1S/C20H18N2O4S/c1-2-10-25-13-8-6-12(7-9-13)20(24)22-15-5-3-4-14-16(23)11-17(19(21)27)26-18(14)15/h3-9,11H,2,10H2,1H3,(H2,21,27)(H,22,24). The molecule has 2 aromatic carbocycles. The molecule has 1 heterocycles. The molecule has 7 heteroatoms. The summed E-state index contributed by atoms with van der Waals surface area (Å²) in [5.41, 5.74) is 6.31. The maximum Gasteiger partial charge on any atom is 0.255 e. The topological polar surface area (TPSA) is 94.6 Å². The Morgan fingerprint density at radius 2 is 1.96 bits per heavy atom. The fourth-order valence-corrected chi connectivity index (χ4v) is 2.61. The van der Waals surface area contributed by atoms with Crippen molar-refractivity contribution >= 4 is 39.8 Å². The van der Waals surface area contributed by atoms with Crippen LogP contribution in [0.2, 0.25) is 0 Å². The van der Waals surface area contributed by atoms with Crippen LogP contribution in [-0.4, -0.2) is 17.5 Å². The molecule has 3 aromatic rings. The molecule has 0 aliphatic rings. The van der Waals surface area contributed by atoms with E-state index in [1.165, 1.54) is 6.07 Å². The highest BCUT2D eigenvalue weighted by Gasteiger charge is 2.13. The number of hydrogen-bond acceptors (Lipinski definition) is 5. The second-order valence-corrected chi connectivity index (χ2v) is 6.29. The lowest BCUT2D eigenvalue weighted by Gasteiger charge is -2.09. The van der Waals surface area contributed by atoms with Crippen molar-refractivity contribution < 1.29 is 13.9 Å². The summed E-state index contributed by atoms with van der Waals surface area (Å²) in [6.45, 7) is 2.64. The number of amides is 1. The summed E-state index contributed by atoms with van der Waals surface area (Å²) in [6.07, 6.45) is 0.906. The molecular formula is C20H18N2O4S. The van der Waals surface area contributed by atoms with Crippen molar-refractivity contribution in [2.45, 2.75) is 13.3 Å².